The van der Waals surface area contributed by atoms with Gasteiger partial charge in [0.2, 0.25) is 5.95 Å². The number of hydrogen-bond donors (Lipinski definition) is 2. The van der Waals surface area contributed by atoms with Gasteiger partial charge in [0.25, 0.3) is 5.91 Å². The molecule has 2 aromatic carbocycles. The molecule has 27 heavy (non-hydrogen) atoms. The van der Waals surface area contributed by atoms with Crippen LogP contribution in [0.15, 0.2) is 48.5 Å². The third kappa shape index (κ3) is 4.41. The first-order chi connectivity index (χ1) is 12.9. The summed E-state index contributed by atoms with van der Waals surface area (Å²) in [5, 5.41) is 5.00. The summed E-state index contributed by atoms with van der Waals surface area (Å²) in [6.45, 7) is 1.58. The van der Waals surface area contributed by atoms with Gasteiger partial charge in [-0.3, -0.25) is 4.79 Å². The summed E-state index contributed by atoms with van der Waals surface area (Å²) in [5.74, 6) is -2.76. The number of carbonyl (C=O) groups excluding carboxylic acids is 1. The first-order valence-corrected chi connectivity index (χ1v) is 8.02. The molecule has 1 amide bonds. The highest BCUT2D eigenvalue weighted by atomic mass is 19.1. The van der Waals surface area contributed by atoms with Gasteiger partial charge in [0.15, 0.2) is 0 Å². The molecular weight excluding hydrogens is 357 g/mol. The van der Waals surface area contributed by atoms with E-state index in [9.17, 15) is 18.0 Å². The third-order valence-electron chi connectivity index (χ3n) is 3.68. The van der Waals surface area contributed by atoms with Crippen LogP contribution in [-0.4, -0.2) is 15.9 Å². The Morgan fingerprint density at radius 2 is 1.63 bits per heavy atom. The van der Waals surface area contributed by atoms with E-state index in [1.54, 1.807) is 25.1 Å². The van der Waals surface area contributed by atoms with E-state index in [0.717, 1.165) is 12.1 Å². The molecule has 0 bridgehead atoms. The molecule has 3 rings (SSSR count). The number of aromatic nitrogens is 2. The Labute approximate surface area is 153 Å². The van der Waals surface area contributed by atoms with E-state index < -0.39 is 29.0 Å². The lowest BCUT2D eigenvalue weighted by molar-refractivity contribution is 0.0945. The van der Waals surface area contributed by atoms with Crippen molar-refractivity contribution in [2.24, 2.45) is 0 Å². The first-order valence-electron chi connectivity index (χ1n) is 8.02. The number of anilines is 2. The van der Waals surface area contributed by atoms with Crippen LogP contribution in [0.1, 0.15) is 21.7 Å². The number of nitrogens with zero attached hydrogens (tertiary/aromatic N) is 2. The number of amides is 1. The average Bonchev–Trinajstić information content (AvgIpc) is 2.63. The molecule has 1 heterocycles. The van der Waals surface area contributed by atoms with Crippen LogP contribution in [0.4, 0.5) is 24.8 Å². The Balaban J connectivity index is 1.78. The molecule has 0 aliphatic rings. The highest BCUT2D eigenvalue weighted by Crippen LogP contribution is 2.21. The monoisotopic (exact) mass is 372 g/mol. The smallest absolute Gasteiger partial charge is 0.270 e. The highest BCUT2D eigenvalue weighted by Gasteiger charge is 2.14. The SMILES string of the molecule is Cc1cc(C(=O)NCc2ccccc2F)nc(Nc2c(F)cccc2F)n1. The summed E-state index contributed by atoms with van der Waals surface area (Å²) < 4.78 is 41.2. The number of carbonyl (C=O) groups is 1. The van der Waals surface area contributed by atoms with Gasteiger partial charge < -0.3 is 10.6 Å². The van der Waals surface area contributed by atoms with E-state index in [1.165, 1.54) is 18.2 Å². The lowest BCUT2D eigenvalue weighted by Gasteiger charge is -2.10. The Kier molecular flexibility index (Phi) is 5.35. The second kappa shape index (κ2) is 7.86. The maximum Gasteiger partial charge on any atom is 0.270 e. The molecule has 0 radical (unpaired) electrons. The number of hydrogen-bond acceptors (Lipinski definition) is 4. The Morgan fingerprint density at radius 3 is 2.33 bits per heavy atom. The van der Waals surface area contributed by atoms with Crippen LogP contribution in [-0.2, 0) is 6.54 Å². The van der Waals surface area contributed by atoms with E-state index in [0.29, 0.717) is 11.3 Å². The molecule has 8 heteroatoms. The molecule has 0 saturated carbocycles. The van der Waals surface area contributed by atoms with Crippen LogP contribution in [0.2, 0.25) is 0 Å². The molecule has 0 aliphatic heterocycles. The van der Waals surface area contributed by atoms with Crippen molar-refractivity contribution >= 4 is 17.5 Å². The Bertz CT molecular complexity index is 974. The van der Waals surface area contributed by atoms with Crippen LogP contribution in [0.5, 0.6) is 0 Å². The first kappa shape index (κ1) is 18.4. The minimum atomic E-state index is -0.814. The molecule has 0 atom stereocenters. The second-order valence-corrected chi connectivity index (χ2v) is 5.71. The molecule has 3 aromatic rings. The molecule has 138 valence electrons. The molecule has 0 spiro atoms. The number of para-hydroxylation sites is 1. The minimum Gasteiger partial charge on any atom is -0.347 e. The van der Waals surface area contributed by atoms with Crippen molar-refractivity contribution in [1.29, 1.82) is 0 Å². The fraction of sp³-hybridized carbons (Fsp3) is 0.105. The van der Waals surface area contributed by atoms with Gasteiger partial charge in [-0.1, -0.05) is 24.3 Å². The van der Waals surface area contributed by atoms with Crippen LogP contribution >= 0.6 is 0 Å². The maximum absolute atomic E-state index is 13.8. The van der Waals surface area contributed by atoms with Gasteiger partial charge in [0.1, 0.15) is 28.8 Å². The molecule has 1 aromatic heterocycles. The summed E-state index contributed by atoms with van der Waals surface area (Å²) >= 11 is 0. The summed E-state index contributed by atoms with van der Waals surface area (Å²) in [6, 6.07) is 10.9. The van der Waals surface area contributed by atoms with Crippen LogP contribution < -0.4 is 10.6 Å². The zero-order valence-electron chi connectivity index (χ0n) is 14.3. The van der Waals surface area contributed by atoms with Gasteiger partial charge in [-0.15, -0.1) is 0 Å². The standard InChI is InChI=1S/C19H15F3N4O/c1-11-9-16(18(27)23-10-12-5-2-3-6-13(12)20)25-19(24-11)26-17-14(21)7-4-8-15(17)22/h2-9H,10H2,1H3,(H,23,27)(H,24,25,26). The lowest BCUT2D eigenvalue weighted by atomic mass is 10.2. The van der Waals surface area contributed by atoms with Gasteiger partial charge in [0.05, 0.1) is 0 Å². The number of aryl methyl sites for hydroxylation is 1. The number of halogens is 3. The van der Waals surface area contributed by atoms with Gasteiger partial charge in [-0.05, 0) is 31.2 Å². The maximum atomic E-state index is 13.8. The second-order valence-electron chi connectivity index (χ2n) is 5.71. The van der Waals surface area contributed by atoms with Crippen LogP contribution in [0.3, 0.4) is 0 Å². The van der Waals surface area contributed by atoms with Crippen molar-refractivity contribution in [2.45, 2.75) is 13.5 Å². The van der Waals surface area contributed by atoms with Crippen molar-refractivity contribution in [3.63, 3.8) is 0 Å². The summed E-state index contributed by atoms with van der Waals surface area (Å²) in [5.41, 5.74) is 0.308. The van der Waals surface area contributed by atoms with E-state index in [4.69, 9.17) is 0 Å². The summed E-state index contributed by atoms with van der Waals surface area (Å²) in [7, 11) is 0. The lowest BCUT2D eigenvalue weighted by Crippen LogP contribution is -2.25. The molecule has 0 saturated heterocycles. The van der Waals surface area contributed by atoms with Gasteiger partial charge >= 0.3 is 0 Å². The average molecular weight is 372 g/mol. The number of rotatable bonds is 5. The van der Waals surface area contributed by atoms with E-state index in [1.807, 2.05) is 0 Å². The molecule has 0 fully saturated rings. The van der Waals surface area contributed by atoms with Crippen molar-refractivity contribution in [1.82, 2.24) is 15.3 Å². The Hall–Kier alpha value is -3.42. The predicted molar refractivity (Wildman–Crippen MR) is 94.0 cm³/mol. The van der Waals surface area contributed by atoms with E-state index in [-0.39, 0.29) is 18.2 Å². The summed E-state index contributed by atoms with van der Waals surface area (Å²) in [6.07, 6.45) is 0. The molecule has 0 aliphatic carbocycles. The zero-order chi connectivity index (χ0) is 19.4. The predicted octanol–water partition coefficient (Wildman–Crippen LogP) is 3.88. The fourth-order valence-corrected chi connectivity index (χ4v) is 2.38. The van der Waals surface area contributed by atoms with Crippen molar-refractivity contribution < 1.29 is 18.0 Å². The van der Waals surface area contributed by atoms with Gasteiger partial charge in [-0.25, -0.2) is 23.1 Å². The zero-order valence-corrected chi connectivity index (χ0v) is 14.3. The molecule has 5 nitrogen and oxygen atoms in total. The normalized spacial score (nSPS) is 10.5. The van der Waals surface area contributed by atoms with E-state index >= 15 is 0 Å². The van der Waals surface area contributed by atoms with Crippen LogP contribution in [0.25, 0.3) is 0 Å². The van der Waals surface area contributed by atoms with Crippen molar-refractivity contribution in [3.05, 3.63) is 82.9 Å². The minimum absolute atomic E-state index is 0.0157. The molecule has 2 N–H and O–H groups in total. The molecular formula is C19H15F3N4O. The highest BCUT2D eigenvalue weighted by molar-refractivity contribution is 5.92. The van der Waals surface area contributed by atoms with Crippen LogP contribution in [0, 0.1) is 24.4 Å². The third-order valence-corrected chi connectivity index (χ3v) is 3.68. The Morgan fingerprint density at radius 1 is 0.963 bits per heavy atom. The number of nitrogens with one attached hydrogen (secondary N) is 2. The summed E-state index contributed by atoms with van der Waals surface area (Å²) in [4.78, 5) is 20.3. The quantitative estimate of drug-likeness (QED) is 0.713. The van der Waals surface area contributed by atoms with E-state index in [2.05, 4.69) is 20.6 Å². The fourth-order valence-electron chi connectivity index (χ4n) is 2.38. The van der Waals surface area contributed by atoms with Crippen molar-refractivity contribution in [3.8, 4) is 0 Å². The van der Waals surface area contributed by atoms with Crippen molar-refractivity contribution in [2.75, 3.05) is 5.32 Å². The largest absolute Gasteiger partial charge is 0.347 e. The molecule has 0 unspecified atom stereocenters. The topological polar surface area (TPSA) is 66.9 Å². The number of benzene rings is 2. The van der Waals surface area contributed by atoms with Gasteiger partial charge in [-0.2, -0.15) is 0 Å². The van der Waals surface area contributed by atoms with Gasteiger partial charge in [0, 0.05) is 17.8 Å².